The Labute approximate surface area is 443 Å². The van der Waals surface area contributed by atoms with Gasteiger partial charge in [0.2, 0.25) is 0 Å². The van der Waals surface area contributed by atoms with E-state index in [2.05, 4.69) is 32.9 Å². The third-order valence-electron chi connectivity index (χ3n) is 14.8. The van der Waals surface area contributed by atoms with Crippen LogP contribution in [0.4, 0.5) is 0 Å². The molecule has 0 aromatic rings. The first-order valence-electron chi connectivity index (χ1n) is 32.2. The first kappa shape index (κ1) is 69.2. The van der Waals surface area contributed by atoms with Gasteiger partial charge in [-0.15, -0.1) is 0 Å². The van der Waals surface area contributed by atoms with E-state index in [9.17, 15) is 14.4 Å². The lowest BCUT2D eigenvalue weighted by atomic mass is 10.0. The van der Waals surface area contributed by atoms with Crippen molar-refractivity contribution in [2.24, 2.45) is 0 Å². The summed E-state index contributed by atoms with van der Waals surface area (Å²) >= 11 is 0. The van der Waals surface area contributed by atoms with Gasteiger partial charge in [-0.1, -0.05) is 315 Å². The van der Waals surface area contributed by atoms with Crippen molar-refractivity contribution < 1.29 is 28.6 Å². The second-order valence-corrected chi connectivity index (χ2v) is 22.0. The number of hydrogen-bond acceptors (Lipinski definition) is 6. The fourth-order valence-corrected chi connectivity index (χ4v) is 9.91. The SMILES string of the molecule is CCCCCCCC/C=C\CCCCCCCCCC(=O)O[C@H](COC(=O)CCCCCCCCCCCCCCCCCCC)COC(=O)CCCCCCCCCCCCCCCCCCCCC. The number of ether oxygens (including phenoxy) is 3. The number of rotatable bonds is 60. The first-order chi connectivity index (χ1) is 35.0. The summed E-state index contributed by atoms with van der Waals surface area (Å²) in [6.07, 6.45) is 70.7. The zero-order chi connectivity index (χ0) is 51.4. The van der Waals surface area contributed by atoms with E-state index < -0.39 is 6.10 Å². The Kier molecular flexibility index (Phi) is 59.1. The summed E-state index contributed by atoms with van der Waals surface area (Å²) in [5, 5.41) is 0. The highest BCUT2D eigenvalue weighted by Crippen LogP contribution is 2.18. The maximum Gasteiger partial charge on any atom is 0.306 e. The first-order valence-corrected chi connectivity index (χ1v) is 32.2. The van der Waals surface area contributed by atoms with Gasteiger partial charge in [0.05, 0.1) is 0 Å². The minimum Gasteiger partial charge on any atom is -0.462 e. The van der Waals surface area contributed by atoms with E-state index >= 15 is 0 Å². The molecule has 0 rings (SSSR count). The monoisotopic (exact) mass is 1000 g/mol. The minimum absolute atomic E-state index is 0.0651. The summed E-state index contributed by atoms with van der Waals surface area (Å²) in [7, 11) is 0. The van der Waals surface area contributed by atoms with Gasteiger partial charge in [0.1, 0.15) is 13.2 Å². The van der Waals surface area contributed by atoms with E-state index in [0.29, 0.717) is 19.3 Å². The normalized spacial score (nSPS) is 12.0. The van der Waals surface area contributed by atoms with Crippen molar-refractivity contribution >= 4 is 17.9 Å². The molecule has 0 saturated carbocycles. The zero-order valence-corrected chi connectivity index (χ0v) is 48.3. The number of unbranched alkanes of at least 4 members (excludes halogenated alkanes) is 47. The lowest BCUT2D eigenvalue weighted by molar-refractivity contribution is -0.167. The standard InChI is InChI=1S/C65H124O6/c1-4-7-10-13-16-19-22-25-28-31-32-35-37-40-43-46-49-52-55-58-64(67)70-61-62(71-65(68)59-56-53-50-47-44-41-38-34-30-27-24-21-18-15-12-9-6-3)60-69-63(66)57-54-51-48-45-42-39-36-33-29-26-23-20-17-14-11-8-5-2/h27,30,62H,4-26,28-29,31-61H2,1-3H3/b30-27-/t62-/m1/s1. The number of carbonyl (C=O) groups is 3. The van der Waals surface area contributed by atoms with Crippen LogP contribution < -0.4 is 0 Å². The van der Waals surface area contributed by atoms with Gasteiger partial charge in [-0.05, 0) is 44.9 Å². The van der Waals surface area contributed by atoms with Crippen molar-refractivity contribution in [3.8, 4) is 0 Å². The molecule has 0 heterocycles. The molecule has 0 aliphatic rings. The molecule has 0 amide bonds. The number of allylic oxidation sites excluding steroid dienone is 2. The molecule has 71 heavy (non-hydrogen) atoms. The molecule has 0 unspecified atom stereocenters. The highest BCUT2D eigenvalue weighted by atomic mass is 16.6. The van der Waals surface area contributed by atoms with Crippen molar-refractivity contribution in [3.63, 3.8) is 0 Å². The lowest BCUT2D eigenvalue weighted by Crippen LogP contribution is -2.30. The molecule has 0 fully saturated rings. The number of hydrogen-bond donors (Lipinski definition) is 0. The summed E-state index contributed by atoms with van der Waals surface area (Å²) in [6, 6.07) is 0. The summed E-state index contributed by atoms with van der Waals surface area (Å²) in [6.45, 7) is 6.71. The second-order valence-electron chi connectivity index (χ2n) is 22.0. The number of esters is 3. The molecular formula is C65H124O6. The largest absolute Gasteiger partial charge is 0.462 e. The summed E-state index contributed by atoms with van der Waals surface area (Å²) in [5.74, 6) is -0.838. The van der Waals surface area contributed by atoms with Crippen LogP contribution in [0.15, 0.2) is 12.2 Å². The molecule has 0 aliphatic carbocycles. The van der Waals surface area contributed by atoms with Crippen molar-refractivity contribution in [1.82, 2.24) is 0 Å². The van der Waals surface area contributed by atoms with Crippen LogP contribution in [0.25, 0.3) is 0 Å². The third-order valence-corrected chi connectivity index (χ3v) is 14.8. The van der Waals surface area contributed by atoms with Gasteiger partial charge >= 0.3 is 17.9 Å². The molecule has 6 heteroatoms. The van der Waals surface area contributed by atoms with Gasteiger partial charge in [-0.2, -0.15) is 0 Å². The van der Waals surface area contributed by atoms with Gasteiger partial charge < -0.3 is 14.2 Å². The van der Waals surface area contributed by atoms with E-state index in [4.69, 9.17) is 14.2 Å². The molecule has 6 nitrogen and oxygen atoms in total. The quantitative estimate of drug-likeness (QED) is 0.0261. The third kappa shape index (κ3) is 58.9. The van der Waals surface area contributed by atoms with E-state index in [0.717, 1.165) is 57.8 Å². The summed E-state index contributed by atoms with van der Waals surface area (Å²) in [5.41, 5.74) is 0. The van der Waals surface area contributed by atoms with Crippen LogP contribution in [0, 0.1) is 0 Å². The van der Waals surface area contributed by atoms with E-state index in [1.165, 1.54) is 270 Å². The Morgan fingerprint density at radius 3 is 0.704 bits per heavy atom. The summed E-state index contributed by atoms with van der Waals surface area (Å²) < 4.78 is 17.0. The average molecular weight is 1000 g/mol. The van der Waals surface area contributed by atoms with E-state index in [1.54, 1.807) is 0 Å². The Morgan fingerprint density at radius 2 is 0.465 bits per heavy atom. The van der Waals surface area contributed by atoms with Gasteiger partial charge in [0, 0.05) is 19.3 Å². The molecule has 0 saturated heterocycles. The maximum atomic E-state index is 12.9. The number of carbonyl (C=O) groups excluding carboxylic acids is 3. The van der Waals surface area contributed by atoms with Gasteiger partial charge in [0.15, 0.2) is 6.10 Å². The smallest absolute Gasteiger partial charge is 0.306 e. The van der Waals surface area contributed by atoms with Crippen LogP contribution in [0.1, 0.15) is 367 Å². The summed E-state index contributed by atoms with van der Waals surface area (Å²) in [4.78, 5) is 38.3. The van der Waals surface area contributed by atoms with Crippen LogP contribution in [0.3, 0.4) is 0 Å². The predicted molar refractivity (Wildman–Crippen MR) is 307 cm³/mol. The molecule has 0 aliphatic heterocycles. The molecule has 0 spiro atoms. The van der Waals surface area contributed by atoms with Crippen molar-refractivity contribution in [3.05, 3.63) is 12.2 Å². The molecular weight excluding hydrogens is 877 g/mol. The van der Waals surface area contributed by atoms with Crippen LogP contribution in [0.2, 0.25) is 0 Å². The molecule has 0 aromatic heterocycles. The average Bonchev–Trinajstić information content (AvgIpc) is 3.37. The fraction of sp³-hybridized carbons (Fsp3) is 0.923. The molecule has 0 radical (unpaired) electrons. The van der Waals surface area contributed by atoms with E-state index in [-0.39, 0.29) is 31.1 Å². The van der Waals surface area contributed by atoms with Crippen LogP contribution in [-0.4, -0.2) is 37.2 Å². The van der Waals surface area contributed by atoms with E-state index in [1.807, 2.05) is 0 Å². The van der Waals surface area contributed by atoms with Crippen LogP contribution in [0.5, 0.6) is 0 Å². The van der Waals surface area contributed by atoms with Gasteiger partial charge in [-0.25, -0.2) is 0 Å². The Balaban J connectivity index is 4.30. The Hall–Kier alpha value is -1.85. The highest BCUT2D eigenvalue weighted by Gasteiger charge is 2.19. The maximum absolute atomic E-state index is 12.9. The lowest BCUT2D eigenvalue weighted by Gasteiger charge is -2.18. The van der Waals surface area contributed by atoms with Crippen LogP contribution >= 0.6 is 0 Å². The topological polar surface area (TPSA) is 78.9 Å². The fourth-order valence-electron chi connectivity index (χ4n) is 9.91. The molecule has 1 atom stereocenters. The van der Waals surface area contributed by atoms with Gasteiger partial charge in [-0.3, -0.25) is 14.4 Å². The molecule has 0 N–H and O–H groups in total. The molecule has 0 bridgehead atoms. The van der Waals surface area contributed by atoms with Crippen molar-refractivity contribution in [2.45, 2.75) is 374 Å². The highest BCUT2D eigenvalue weighted by molar-refractivity contribution is 5.71. The Morgan fingerprint density at radius 1 is 0.268 bits per heavy atom. The predicted octanol–water partition coefficient (Wildman–Crippen LogP) is 21.7. The van der Waals surface area contributed by atoms with Crippen molar-refractivity contribution in [2.75, 3.05) is 13.2 Å². The molecule has 420 valence electrons. The van der Waals surface area contributed by atoms with Crippen LogP contribution in [-0.2, 0) is 28.6 Å². The van der Waals surface area contributed by atoms with Gasteiger partial charge in [0.25, 0.3) is 0 Å². The minimum atomic E-state index is -0.768. The second kappa shape index (κ2) is 60.7. The van der Waals surface area contributed by atoms with Crippen molar-refractivity contribution in [1.29, 1.82) is 0 Å². The Bertz CT molecular complexity index is 1100. The zero-order valence-electron chi connectivity index (χ0n) is 48.3. The molecule has 0 aromatic carbocycles.